The predicted molar refractivity (Wildman–Crippen MR) is 66.1 cm³/mol. The first-order chi connectivity index (χ1) is 9.90. The molecule has 0 saturated heterocycles. The van der Waals surface area contributed by atoms with E-state index in [1.807, 2.05) is 0 Å². The van der Waals surface area contributed by atoms with E-state index in [2.05, 4.69) is 15.1 Å². The molecular formula is C12H9F3N4O2. The number of benzene rings is 1. The number of hydrogen-bond acceptors (Lipinski definition) is 5. The van der Waals surface area contributed by atoms with Crippen LogP contribution in [0.3, 0.4) is 0 Å². The molecule has 0 saturated carbocycles. The van der Waals surface area contributed by atoms with Crippen LogP contribution >= 0.6 is 0 Å². The Morgan fingerprint density at radius 2 is 2.00 bits per heavy atom. The maximum Gasteiger partial charge on any atom is 0.416 e. The third-order valence-corrected chi connectivity index (χ3v) is 2.38. The monoisotopic (exact) mass is 298 g/mol. The Kier molecular flexibility index (Phi) is 3.92. The van der Waals surface area contributed by atoms with Gasteiger partial charge in [0.05, 0.1) is 18.0 Å². The summed E-state index contributed by atoms with van der Waals surface area (Å²) in [6, 6.07) is 4.35. The lowest BCUT2D eigenvalue weighted by Gasteiger charge is -2.09. The highest BCUT2D eigenvalue weighted by molar-refractivity contribution is 5.94. The van der Waals surface area contributed by atoms with E-state index in [9.17, 15) is 13.2 Å². The van der Waals surface area contributed by atoms with Crippen LogP contribution in [0, 0.1) is 0 Å². The molecule has 2 rings (SSSR count). The Bertz CT molecular complexity index is 656. The minimum Gasteiger partial charge on any atom is -0.437 e. The Balaban J connectivity index is 2.19. The average molecular weight is 298 g/mol. The van der Waals surface area contributed by atoms with Crippen molar-refractivity contribution >= 4 is 5.84 Å². The van der Waals surface area contributed by atoms with E-state index < -0.39 is 11.7 Å². The highest BCUT2D eigenvalue weighted by atomic mass is 19.4. The normalized spacial score (nSPS) is 12.2. The van der Waals surface area contributed by atoms with Crippen molar-refractivity contribution in [3.05, 3.63) is 47.9 Å². The van der Waals surface area contributed by atoms with Gasteiger partial charge >= 0.3 is 6.18 Å². The van der Waals surface area contributed by atoms with Crippen molar-refractivity contribution in [2.75, 3.05) is 0 Å². The molecule has 1 heterocycles. The molecule has 0 bridgehead atoms. The topological polar surface area (TPSA) is 93.6 Å². The van der Waals surface area contributed by atoms with Gasteiger partial charge in [-0.25, -0.2) is 9.97 Å². The molecule has 2 aromatic rings. The van der Waals surface area contributed by atoms with Crippen molar-refractivity contribution in [1.29, 1.82) is 0 Å². The number of hydrogen-bond donors (Lipinski definition) is 2. The molecule has 21 heavy (non-hydrogen) atoms. The zero-order valence-electron chi connectivity index (χ0n) is 10.4. The van der Waals surface area contributed by atoms with Gasteiger partial charge in [-0.2, -0.15) is 13.2 Å². The van der Waals surface area contributed by atoms with E-state index in [0.29, 0.717) is 0 Å². The number of oxime groups is 1. The summed E-state index contributed by atoms with van der Waals surface area (Å²) < 4.78 is 42.8. The zero-order valence-corrected chi connectivity index (χ0v) is 10.4. The number of ether oxygens (including phenoxy) is 1. The van der Waals surface area contributed by atoms with E-state index in [1.165, 1.54) is 12.1 Å². The summed E-state index contributed by atoms with van der Waals surface area (Å²) in [5, 5.41) is 11.2. The van der Waals surface area contributed by atoms with E-state index in [0.717, 1.165) is 24.5 Å². The summed E-state index contributed by atoms with van der Waals surface area (Å²) in [6.07, 6.45) is -2.15. The largest absolute Gasteiger partial charge is 0.437 e. The van der Waals surface area contributed by atoms with Gasteiger partial charge in [-0.15, -0.1) is 0 Å². The SMILES string of the molecule is NC(=NO)c1cnc(Oc2cccc(C(F)(F)F)c2)cn1. The molecule has 1 aromatic carbocycles. The smallest absolute Gasteiger partial charge is 0.416 e. The second kappa shape index (κ2) is 5.65. The summed E-state index contributed by atoms with van der Waals surface area (Å²) in [5.41, 5.74) is 4.57. The van der Waals surface area contributed by atoms with Crippen molar-refractivity contribution in [2.24, 2.45) is 10.9 Å². The number of nitrogens with two attached hydrogens (primary N) is 1. The second-order valence-corrected chi connectivity index (χ2v) is 3.85. The van der Waals surface area contributed by atoms with Gasteiger partial charge < -0.3 is 15.7 Å². The first-order valence-corrected chi connectivity index (χ1v) is 5.55. The molecule has 0 aliphatic heterocycles. The summed E-state index contributed by atoms with van der Waals surface area (Å²) in [7, 11) is 0. The van der Waals surface area contributed by atoms with Gasteiger partial charge in [0, 0.05) is 0 Å². The second-order valence-electron chi connectivity index (χ2n) is 3.85. The van der Waals surface area contributed by atoms with Crippen molar-refractivity contribution < 1.29 is 23.1 Å². The number of aromatic nitrogens is 2. The molecular weight excluding hydrogens is 289 g/mol. The molecule has 0 amide bonds. The number of alkyl halides is 3. The molecule has 0 aliphatic rings. The van der Waals surface area contributed by atoms with Gasteiger partial charge in [0.2, 0.25) is 5.88 Å². The van der Waals surface area contributed by atoms with Crippen LogP contribution in [0.2, 0.25) is 0 Å². The van der Waals surface area contributed by atoms with Crippen molar-refractivity contribution in [2.45, 2.75) is 6.18 Å². The van der Waals surface area contributed by atoms with Gasteiger partial charge in [0.1, 0.15) is 11.4 Å². The molecule has 1 aromatic heterocycles. The van der Waals surface area contributed by atoms with Crippen molar-refractivity contribution in [1.82, 2.24) is 9.97 Å². The van der Waals surface area contributed by atoms with E-state index in [-0.39, 0.29) is 23.2 Å². The lowest BCUT2D eigenvalue weighted by Crippen LogP contribution is -2.15. The molecule has 0 radical (unpaired) electrons. The van der Waals surface area contributed by atoms with E-state index in [4.69, 9.17) is 15.7 Å². The first kappa shape index (κ1) is 14.6. The van der Waals surface area contributed by atoms with Crippen LogP contribution in [0.1, 0.15) is 11.3 Å². The lowest BCUT2D eigenvalue weighted by atomic mass is 10.2. The number of rotatable bonds is 3. The maximum atomic E-state index is 12.6. The van der Waals surface area contributed by atoms with Gasteiger partial charge in [0.15, 0.2) is 5.84 Å². The number of halogens is 3. The van der Waals surface area contributed by atoms with Crippen LogP contribution in [0.5, 0.6) is 11.6 Å². The molecule has 0 spiro atoms. The Morgan fingerprint density at radius 3 is 2.57 bits per heavy atom. The summed E-state index contributed by atoms with van der Waals surface area (Å²) in [4.78, 5) is 7.59. The molecule has 110 valence electrons. The molecule has 0 aliphatic carbocycles. The van der Waals surface area contributed by atoms with Crippen LogP contribution in [0.25, 0.3) is 0 Å². The van der Waals surface area contributed by atoms with E-state index in [1.54, 1.807) is 0 Å². The fraction of sp³-hybridized carbons (Fsp3) is 0.0833. The van der Waals surface area contributed by atoms with Crippen molar-refractivity contribution in [3.63, 3.8) is 0 Å². The Labute approximate surface area is 116 Å². The minimum atomic E-state index is -4.46. The molecule has 0 atom stereocenters. The maximum absolute atomic E-state index is 12.6. The average Bonchev–Trinajstić information content (AvgIpc) is 2.47. The quantitative estimate of drug-likeness (QED) is 0.393. The summed E-state index contributed by atoms with van der Waals surface area (Å²) in [6.45, 7) is 0. The highest BCUT2D eigenvalue weighted by Crippen LogP contribution is 2.32. The molecule has 3 N–H and O–H groups in total. The van der Waals surface area contributed by atoms with Gasteiger partial charge in [0.25, 0.3) is 0 Å². The lowest BCUT2D eigenvalue weighted by molar-refractivity contribution is -0.137. The van der Waals surface area contributed by atoms with Gasteiger partial charge in [-0.1, -0.05) is 11.2 Å². The zero-order chi connectivity index (χ0) is 15.5. The predicted octanol–water partition coefficient (Wildman–Crippen LogP) is 2.38. The third-order valence-electron chi connectivity index (χ3n) is 2.38. The minimum absolute atomic E-state index is 0.0242. The summed E-state index contributed by atoms with van der Waals surface area (Å²) >= 11 is 0. The number of amidine groups is 1. The molecule has 0 unspecified atom stereocenters. The number of nitrogens with zero attached hydrogens (tertiary/aromatic N) is 3. The van der Waals surface area contributed by atoms with Crippen LogP contribution in [0.4, 0.5) is 13.2 Å². The van der Waals surface area contributed by atoms with Crippen LogP contribution in [0.15, 0.2) is 41.8 Å². The molecule has 0 fully saturated rings. The fourth-order valence-corrected chi connectivity index (χ4v) is 1.41. The molecule has 9 heteroatoms. The van der Waals surface area contributed by atoms with Crippen LogP contribution < -0.4 is 10.5 Å². The fourth-order valence-electron chi connectivity index (χ4n) is 1.41. The Morgan fingerprint density at radius 1 is 1.24 bits per heavy atom. The highest BCUT2D eigenvalue weighted by Gasteiger charge is 2.30. The van der Waals surface area contributed by atoms with Gasteiger partial charge in [-0.05, 0) is 18.2 Å². The van der Waals surface area contributed by atoms with Crippen LogP contribution in [-0.2, 0) is 6.18 Å². The first-order valence-electron chi connectivity index (χ1n) is 5.55. The van der Waals surface area contributed by atoms with Crippen LogP contribution in [-0.4, -0.2) is 21.0 Å². The van der Waals surface area contributed by atoms with E-state index >= 15 is 0 Å². The summed E-state index contributed by atoms with van der Waals surface area (Å²) in [5.74, 6) is -0.299. The van der Waals surface area contributed by atoms with Crippen molar-refractivity contribution in [3.8, 4) is 11.6 Å². The molecule has 6 nitrogen and oxygen atoms in total. The standard InChI is InChI=1S/C12H9F3N4O2/c13-12(14,15)7-2-1-3-8(4-7)21-10-6-17-9(5-18-10)11(16)19-20/h1-6,20H,(H2,16,19). The third kappa shape index (κ3) is 3.59. The van der Waals surface area contributed by atoms with Gasteiger partial charge in [-0.3, -0.25) is 0 Å². The Hall–Kier alpha value is -2.84.